The lowest BCUT2D eigenvalue weighted by Crippen LogP contribution is -2.53. The molecule has 0 saturated carbocycles. The van der Waals surface area contributed by atoms with Gasteiger partial charge < -0.3 is 15.0 Å². The Bertz CT molecular complexity index is 1200. The number of likely N-dealkylation sites (N-methyl/N-ethyl adjacent to an activating group) is 1. The highest BCUT2D eigenvalue weighted by atomic mass is 35.5. The van der Waals surface area contributed by atoms with Crippen LogP contribution in [0.25, 0.3) is 0 Å². The molecule has 0 bridgehead atoms. The van der Waals surface area contributed by atoms with E-state index < -0.39 is 17.8 Å². The van der Waals surface area contributed by atoms with Crippen molar-refractivity contribution in [2.75, 3.05) is 46.4 Å². The third-order valence-corrected chi connectivity index (χ3v) is 6.74. The van der Waals surface area contributed by atoms with Crippen molar-refractivity contribution in [3.8, 4) is 0 Å². The lowest BCUT2D eigenvalue weighted by atomic mass is 9.94. The number of ether oxygens (including phenoxy) is 1. The van der Waals surface area contributed by atoms with Crippen LogP contribution < -0.4 is 5.32 Å². The van der Waals surface area contributed by atoms with Crippen molar-refractivity contribution >= 4 is 29.5 Å². The van der Waals surface area contributed by atoms with E-state index in [9.17, 15) is 18.8 Å². The van der Waals surface area contributed by atoms with E-state index in [1.54, 1.807) is 49.2 Å². The molecule has 0 radical (unpaired) electrons. The van der Waals surface area contributed by atoms with E-state index in [2.05, 4.69) is 10.2 Å². The standard InChI is InChI=1S/C26H28ClFN4O4/c1-3-36-25(34)22-21(30(2)26(35)29-23(22)19-9-4-5-10-20(19)27)16-31-11-13-32(14-12-31)24(33)17-7-6-8-18(28)15-17/h4-10,15,23H,3,11-14,16H2,1-2H3,(H,29,35)/t23-/m1/s1. The van der Waals surface area contributed by atoms with Gasteiger partial charge in [0.1, 0.15) is 5.82 Å². The molecule has 1 atom stereocenters. The zero-order chi connectivity index (χ0) is 25.8. The van der Waals surface area contributed by atoms with E-state index in [0.29, 0.717) is 60.1 Å². The summed E-state index contributed by atoms with van der Waals surface area (Å²) < 4.78 is 18.9. The van der Waals surface area contributed by atoms with Crippen LogP contribution in [0.1, 0.15) is 28.9 Å². The third kappa shape index (κ3) is 5.37. The minimum absolute atomic E-state index is 0.184. The fraction of sp³-hybridized carbons (Fsp3) is 0.346. The van der Waals surface area contributed by atoms with Crippen molar-refractivity contribution in [1.82, 2.24) is 20.0 Å². The van der Waals surface area contributed by atoms with Crippen LogP contribution in [0.4, 0.5) is 9.18 Å². The van der Waals surface area contributed by atoms with Gasteiger partial charge in [0, 0.05) is 56.1 Å². The summed E-state index contributed by atoms with van der Waals surface area (Å²) in [6, 6.07) is 11.6. The Morgan fingerprint density at radius 3 is 2.50 bits per heavy atom. The topological polar surface area (TPSA) is 82.2 Å². The molecule has 2 aromatic carbocycles. The van der Waals surface area contributed by atoms with Gasteiger partial charge in [-0.2, -0.15) is 0 Å². The lowest BCUT2D eigenvalue weighted by molar-refractivity contribution is -0.139. The van der Waals surface area contributed by atoms with Crippen LogP contribution in [-0.4, -0.2) is 79.0 Å². The summed E-state index contributed by atoms with van der Waals surface area (Å²) in [4.78, 5) is 44.0. The third-order valence-electron chi connectivity index (χ3n) is 6.39. The van der Waals surface area contributed by atoms with Crippen molar-refractivity contribution in [2.45, 2.75) is 13.0 Å². The van der Waals surface area contributed by atoms with Crippen LogP contribution in [0, 0.1) is 5.82 Å². The van der Waals surface area contributed by atoms with Gasteiger partial charge in [-0.25, -0.2) is 14.0 Å². The molecule has 4 rings (SSSR count). The first-order chi connectivity index (χ1) is 17.3. The molecule has 1 N–H and O–H groups in total. The Kier molecular flexibility index (Phi) is 7.91. The largest absolute Gasteiger partial charge is 0.463 e. The molecule has 0 aliphatic carbocycles. The minimum atomic E-state index is -0.757. The second-order valence-electron chi connectivity index (χ2n) is 8.62. The van der Waals surface area contributed by atoms with Gasteiger partial charge in [0.2, 0.25) is 0 Å². The van der Waals surface area contributed by atoms with E-state index in [1.807, 2.05) is 0 Å². The number of carbonyl (C=O) groups excluding carboxylic acids is 3. The minimum Gasteiger partial charge on any atom is -0.463 e. The maximum absolute atomic E-state index is 13.6. The average Bonchev–Trinajstić information content (AvgIpc) is 2.87. The molecule has 2 aliphatic heterocycles. The zero-order valence-corrected chi connectivity index (χ0v) is 20.9. The summed E-state index contributed by atoms with van der Waals surface area (Å²) >= 11 is 6.42. The maximum atomic E-state index is 13.6. The smallest absolute Gasteiger partial charge is 0.338 e. The number of halogens is 2. The molecule has 1 fully saturated rings. The van der Waals surface area contributed by atoms with Crippen LogP contribution in [0.3, 0.4) is 0 Å². The molecule has 0 spiro atoms. The number of urea groups is 1. The van der Waals surface area contributed by atoms with Crippen LogP contribution in [0.15, 0.2) is 59.8 Å². The van der Waals surface area contributed by atoms with Crippen LogP contribution in [0.2, 0.25) is 5.02 Å². The van der Waals surface area contributed by atoms with Gasteiger partial charge in [-0.1, -0.05) is 35.9 Å². The fourth-order valence-electron chi connectivity index (χ4n) is 4.47. The SMILES string of the molecule is CCOC(=O)C1=C(CN2CCN(C(=O)c3cccc(F)c3)CC2)N(C)C(=O)N[C@@H]1c1ccccc1Cl. The maximum Gasteiger partial charge on any atom is 0.338 e. The zero-order valence-electron chi connectivity index (χ0n) is 20.2. The molecule has 36 heavy (non-hydrogen) atoms. The fourth-order valence-corrected chi connectivity index (χ4v) is 4.71. The summed E-state index contributed by atoms with van der Waals surface area (Å²) in [5.74, 6) is -1.21. The Morgan fingerprint density at radius 2 is 1.83 bits per heavy atom. The number of rotatable bonds is 6. The van der Waals surface area contributed by atoms with E-state index in [-0.39, 0.29) is 18.5 Å². The predicted octanol–water partition coefficient (Wildman–Crippen LogP) is 3.45. The van der Waals surface area contributed by atoms with Gasteiger partial charge in [0.15, 0.2) is 0 Å². The summed E-state index contributed by atoms with van der Waals surface area (Å²) in [6.45, 7) is 4.12. The van der Waals surface area contributed by atoms with Crippen molar-refractivity contribution < 1.29 is 23.5 Å². The average molecular weight is 515 g/mol. The van der Waals surface area contributed by atoms with Crippen molar-refractivity contribution in [1.29, 1.82) is 0 Å². The van der Waals surface area contributed by atoms with Gasteiger partial charge in [-0.05, 0) is 36.8 Å². The number of nitrogens with zero attached hydrogens (tertiary/aromatic N) is 3. The predicted molar refractivity (Wildman–Crippen MR) is 133 cm³/mol. The number of carbonyl (C=O) groups is 3. The summed E-state index contributed by atoms with van der Waals surface area (Å²) in [6.07, 6.45) is 0. The highest BCUT2D eigenvalue weighted by molar-refractivity contribution is 6.31. The van der Waals surface area contributed by atoms with E-state index in [4.69, 9.17) is 16.3 Å². The summed E-state index contributed by atoms with van der Waals surface area (Å²) in [5.41, 5.74) is 1.76. The number of benzene rings is 2. The van der Waals surface area contributed by atoms with Crippen LogP contribution >= 0.6 is 11.6 Å². The number of hydrogen-bond donors (Lipinski definition) is 1. The molecule has 8 nitrogen and oxygen atoms in total. The Hall–Kier alpha value is -3.43. The highest BCUT2D eigenvalue weighted by Crippen LogP contribution is 2.34. The van der Waals surface area contributed by atoms with Gasteiger partial charge >= 0.3 is 12.0 Å². The van der Waals surface area contributed by atoms with Gasteiger partial charge in [-0.3, -0.25) is 14.6 Å². The number of nitrogens with one attached hydrogen (secondary N) is 1. The Morgan fingerprint density at radius 1 is 1.11 bits per heavy atom. The first-order valence-corrected chi connectivity index (χ1v) is 12.1. The second kappa shape index (κ2) is 11.1. The number of hydrogen-bond acceptors (Lipinski definition) is 5. The van der Waals surface area contributed by atoms with E-state index in [0.717, 1.165) is 0 Å². The number of esters is 1. The first kappa shape index (κ1) is 25.7. The molecule has 10 heteroatoms. The van der Waals surface area contributed by atoms with Crippen molar-refractivity contribution in [3.63, 3.8) is 0 Å². The highest BCUT2D eigenvalue weighted by Gasteiger charge is 2.38. The molecule has 0 unspecified atom stereocenters. The van der Waals surface area contributed by atoms with E-state index >= 15 is 0 Å². The molecule has 2 aliphatic rings. The van der Waals surface area contributed by atoms with Crippen molar-refractivity contribution in [3.05, 3.63) is 81.8 Å². The van der Waals surface area contributed by atoms with Crippen molar-refractivity contribution in [2.24, 2.45) is 0 Å². The monoisotopic (exact) mass is 514 g/mol. The number of piperazine rings is 1. The molecule has 0 aromatic heterocycles. The molecular weight excluding hydrogens is 487 g/mol. The van der Waals surface area contributed by atoms with Crippen LogP contribution in [-0.2, 0) is 9.53 Å². The molecule has 2 aromatic rings. The molecule has 1 saturated heterocycles. The van der Waals surface area contributed by atoms with E-state index in [1.165, 1.54) is 23.1 Å². The van der Waals surface area contributed by atoms with Crippen LogP contribution in [0.5, 0.6) is 0 Å². The normalized spacial score (nSPS) is 18.8. The summed E-state index contributed by atoms with van der Waals surface area (Å²) in [7, 11) is 1.61. The molecular formula is C26H28ClFN4O4. The quantitative estimate of drug-likeness (QED) is 0.597. The van der Waals surface area contributed by atoms with Gasteiger partial charge in [-0.15, -0.1) is 0 Å². The molecule has 2 heterocycles. The lowest BCUT2D eigenvalue weighted by Gasteiger charge is -2.39. The Labute approximate surface area is 214 Å². The second-order valence-corrected chi connectivity index (χ2v) is 9.03. The molecule has 190 valence electrons. The Balaban J connectivity index is 1.57. The first-order valence-electron chi connectivity index (χ1n) is 11.8. The number of amides is 3. The van der Waals surface area contributed by atoms with Gasteiger partial charge in [0.05, 0.1) is 18.2 Å². The molecule has 3 amide bonds. The summed E-state index contributed by atoms with van der Waals surface area (Å²) in [5, 5.41) is 3.30. The van der Waals surface area contributed by atoms with Gasteiger partial charge in [0.25, 0.3) is 5.91 Å².